The smallest absolute Gasteiger partial charge is 0.121 e. The van der Waals surface area contributed by atoms with Gasteiger partial charge in [-0.15, -0.1) is 0 Å². The summed E-state index contributed by atoms with van der Waals surface area (Å²) < 4.78 is 5.30. The molecule has 0 aliphatic rings. The van der Waals surface area contributed by atoms with Crippen LogP contribution in [0.25, 0.3) is 0 Å². The second-order valence-corrected chi connectivity index (χ2v) is 5.06. The van der Waals surface area contributed by atoms with Crippen molar-refractivity contribution in [3.8, 4) is 5.75 Å². The van der Waals surface area contributed by atoms with Crippen LogP contribution < -0.4 is 10.1 Å². The normalized spacial score (nSPS) is 12.2. The number of hydrogen-bond acceptors (Lipinski definition) is 2. The third-order valence-corrected chi connectivity index (χ3v) is 3.62. The van der Waals surface area contributed by atoms with Gasteiger partial charge in [-0.2, -0.15) is 0 Å². The van der Waals surface area contributed by atoms with Gasteiger partial charge in [-0.05, 0) is 36.1 Å². The minimum Gasteiger partial charge on any atom is -0.496 e. The van der Waals surface area contributed by atoms with Gasteiger partial charge in [0.2, 0.25) is 0 Å². The molecule has 0 spiro atoms. The minimum absolute atomic E-state index is 0.401. The van der Waals surface area contributed by atoms with Gasteiger partial charge in [-0.3, -0.25) is 0 Å². The molecule has 1 N–H and O–H groups in total. The molecule has 0 aromatic heterocycles. The summed E-state index contributed by atoms with van der Waals surface area (Å²) in [5, 5.41) is 3.63. The fourth-order valence-corrected chi connectivity index (χ4v) is 2.47. The third kappa shape index (κ3) is 3.61. The number of ether oxygens (including phenoxy) is 1. The van der Waals surface area contributed by atoms with Crippen molar-refractivity contribution in [2.24, 2.45) is 0 Å². The molecule has 0 saturated carbocycles. The molecular formula is C18H23NO. The highest BCUT2D eigenvalue weighted by Crippen LogP contribution is 2.20. The lowest BCUT2D eigenvalue weighted by atomic mass is 10.0. The zero-order valence-electron chi connectivity index (χ0n) is 12.5. The van der Waals surface area contributed by atoms with Crippen LogP contribution in [0, 0.1) is 6.92 Å². The van der Waals surface area contributed by atoms with Crippen molar-refractivity contribution in [3.63, 3.8) is 0 Å². The summed E-state index contributed by atoms with van der Waals surface area (Å²) in [5.74, 6) is 0.948. The summed E-state index contributed by atoms with van der Waals surface area (Å²) in [6, 6.07) is 17.4. The van der Waals surface area contributed by atoms with E-state index in [4.69, 9.17) is 4.74 Å². The van der Waals surface area contributed by atoms with Gasteiger partial charge in [-0.1, -0.05) is 49.4 Å². The third-order valence-electron chi connectivity index (χ3n) is 3.62. The van der Waals surface area contributed by atoms with E-state index in [1.807, 2.05) is 6.07 Å². The van der Waals surface area contributed by atoms with Crippen molar-refractivity contribution in [1.82, 2.24) is 5.32 Å². The van der Waals surface area contributed by atoms with E-state index in [2.05, 4.69) is 61.6 Å². The maximum atomic E-state index is 5.30. The second kappa shape index (κ2) is 7.11. The van der Waals surface area contributed by atoms with Crippen molar-refractivity contribution in [1.29, 1.82) is 0 Å². The Labute approximate surface area is 121 Å². The molecule has 0 radical (unpaired) electrons. The number of benzene rings is 2. The van der Waals surface area contributed by atoms with E-state index in [-0.39, 0.29) is 0 Å². The van der Waals surface area contributed by atoms with Crippen LogP contribution in [0.3, 0.4) is 0 Å². The van der Waals surface area contributed by atoms with Gasteiger partial charge in [0.25, 0.3) is 0 Å². The molecule has 2 heteroatoms. The SMILES string of the molecule is CCC(NCc1ccc(OC)c(C)c1)c1ccccc1. The maximum Gasteiger partial charge on any atom is 0.121 e. The van der Waals surface area contributed by atoms with Crippen LogP contribution in [0.4, 0.5) is 0 Å². The zero-order valence-corrected chi connectivity index (χ0v) is 12.5. The predicted molar refractivity (Wildman–Crippen MR) is 84.0 cm³/mol. The van der Waals surface area contributed by atoms with Crippen LogP contribution in [-0.4, -0.2) is 7.11 Å². The van der Waals surface area contributed by atoms with Crippen LogP contribution in [0.5, 0.6) is 5.75 Å². The average Bonchev–Trinajstić information content (AvgIpc) is 2.49. The van der Waals surface area contributed by atoms with Crippen LogP contribution >= 0.6 is 0 Å². The molecule has 0 aliphatic heterocycles. The molecule has 106 valence electrons. The van der Waals surface area contributed by atoms with Crippen molar-refractivity contribution >= 4 is 0 Å². The average molecular weight is 269 g/mol. The van der Waals surface area contributed by atoms with E-state index in [0.717, 1.165) is 18.7 Å². The Bertz CT molecular complexity index is 536. The lowest BCUT2D eigenvalue weighted by Crippen LogP contribution is -2.20. The summed E-state index contributed by atoms with van der Waals surface area (Å²) >= 11 is 0. The number of nitrogens with one attached hydrogen (secondary N) is 1. The largest absolute Gasteiger partial charge is 0.496 e. The molecule has 20 heavy (non-hydrogen) atoms. The molecule has 1 atom stereocenters. The molecule has 1 unspecified atom stereocenters. The molecule has 0 saturated heterocycles. The van der Waals surface area contributed by atoms with Crippen LogP contribution in [-0.2, 0) is 6.54 Å². The van der Waals surface area contributed by atoms with Gasteiger partial charge in [-0.25, -0.2) is 0 Å². The van der Waals surface area contributed by atoms with Crippen molar-refractivity contribution < 1.29 is 4.74 Å². The van der Waals surface area contributed by atoms with Gasteiger partial charge in [0.15, 0.2) is 0 Å². The standard InChI is InChI=1S/C18H23NO/c1-4-17(16-8-6-5-7-9-16)19-13-15-10-11-18(20-3)14(2)12-15/h5-12,17,19H,4,13H2,1-3H3. The predicted octanol–water partition coefficient (Wildman–Crippen LogP) is 4.24. The molecule has 0 amide bonds. The Hall–Kier alpha value is -1.80. The molecular weight excluding hydrogens is 246 g/mol. The van der Waals surface area contributed by atoms with Gasteiger partial charge >= 0.3 is 0 Å². The Morgan fingerprint density at radius 2 is 1.85 bits per heavy atom. The molecule has 2 nitrogen and oxygen atoms in total. The Balaban J connectivity index is 2.02. The Kier molecular flexibility index (Phi) is 5.19. The molecule has 0 heterocycles. The van der Waals surface area contributed by atoms with E-state index >= 15 is 0 Å². The fraction of sp³-hybridized carbons (Fsp3) is 0.333. The molecule has 2 aromatic carbocycles. The van der Waals surface area contributed by atoms with E-state index in [1.165, 1.54) is 16.7 Å². The van der Waals surface area contributed by atoms with Crippen LogP contribution in [0.1, 0.15) is 36.1 Å². The number of methoxy groups -OCH3 is 1. The zero-order chi connectivity index (χ0) is 14.4. The maximum absolute atomic E-state index is 5.30. The molecule has 2 rings (SSSR count). The van der Waals surface area contributed by atoms with E-state index in [0.29, 0.717) is 6.04 Å². The van der Waals surface area contributed by atoms with Crippen molar-refractivity contribution in [2.45, 2.75) is 32.9 Å². The highest BCUT2D eigenvalue weighted by molar-refractivity contribution is 5.36. The summed E-state index contributed by atoms with van der Waals surface area (Å²) in [7, 11) is 1.71. The molecule has 0 fully saturated rings. The van der Waals surface area contributed by atoms with Crippen molar-refractivity contribution in [3.05, 3.63) is 65.2 Å². The van der Waals surface area contributed by atoms with E-state index in [9.17, 15) is 0 Å². The first-order chi connectivity index (χ1) is 9.74. The minimum atomic E-state index is 0.401. The first-order valence-electron chi connectivity index (χ1n) is 7.16. The summed E-state index contributed by atoms with van der Waals surface area (Å²) in [6.45, 7) is 5.17. The molecule has 0 aliphatic carbocycles. The number of rotatable bonds is 6. The highest BCUT2D eigenvalue weighted by atomic mass is 16.5. The summed E-state index contributed by atoms with van der Waals surface area (Å²) in [5.41, 5.74) is 3.82. The fourth-order valence-electron chi connectivity index (χ4n) is 2.47. The highest BCUT2D eigenvalue weighted by Gasteiger charge is 2.08. The first-order valence-corrected chi connectivity index (χ1v) is 7.16. The molecule has 2 aromatic rings. The Morgan fingerprint density at radius 3 is 2.45 bits per heavy atom. The summed E-state index contributed by atoms with van der Waals surface area (Å²) in [6.07, 6.45) is 1.08. The summed E-state index contributed by atoms with van der Waals surface area (Å²) in [4.78, 5) is 0. The van der Waals surface area contributed by atoms with Crippen molar-refractivity contribution in [2.75, 3.05) is 7.11 Å². The van der Waals surface area contributed by atoms with Gasteiger partial charge in [0.05, 0.1) is 7.11 Å². The number of hydrogen-bond donors (Lipinski definition) is 1. The van der Waals surface area contributed by atoms with E-state index < -0.39 is 0 Å². The monoisotopic (exact) mass is 269 g/mol. The van der Waals surface area contributed by atoms with Gasteiger partial charge < -0.3 is 10.1 Å². The van der Waals surface area contributed by atoms with Gasteiger partial charge in [0.1, 0.15) is 5.75 Å². The first kappa shape index (κ1) is 14.6. The van der Waals surface area contributed by atoms with Crippen LogP contribution in [0.2, 0.25) is 0 Å². The topological polar surface area (TPSA) is 21.3 Å². The van der Waals surface area contributed by atoms with E-state index in [1.54, 1.807) is 7.11 Å². The van der Waals surface area contributed by atoms with Crippen LogP contribution in [0.15, 0.2) is 48.5 Å². The Morgan fingerprint density at radius 1 is 1.10 bits per heavy atom. The number of aryl methyl sites for hydroxylation is 1. The lowest BCUT2D eigenvalue weighted by Gasteiger charge is -2.18. The quantitative estimate of drug-likeness (QED) is 0.846. The molecule has 0 bridgehead atoms. The second-order valence-electron chi connectivity index (χ2n) is 5.06. The lowest BCUT2D eigenvalue weighted by molar-refractivity contribution is 0.411. The van der Waals surface area contributed by atoms with Gasteiger partial charge in [0, 0.05) is 12.6 Å².